The molecule has 1 aromatic carbocycles. The van der Waals surface area contributed by atoms with Crippen molar-refractivity contribution < 1.29 is 0 Å². The van der Waals surface area contributed by atoms with Crippen LogP contribution >= 0.6 is 0 Å². The van der Waals surface area contributed by atoms with Gasteiger partial charge in [0.2, 0.25) is 0 Å². The normalized spacial score (nSPS) is 28.7. The molecular weight excluding hydrogens is 172 g/mol. The van der Waals surface area contributed by atoms with Crippen molar-refractivity contribution in [1.82, 2.24) is 0 Å². The molecule has 0 bridgehead atoms. The third-order valence-electron chi connectivity index (χ3n) is 2.99. The molecule has 0 nitrogen and oxygen atoms in total. The summed E-state index contributed by atoms with van der Waals surface area (Å²) in [5.74, 6) is 0.742. The summed E-state index contributed by atoms with van der Waals surface area (Å²) >= 11 is 0. The van der Waals surface area contributed by atoms with E-state index in [9.17, 15) is 0 Å². The fourth-order valence-electron chi connectivity index (χ4n) is 2.23. The summed E-state index contributed by atoms with van der Waals surface area (Å²) in [5, 5.41) is 0. The summed E-state index contributed by atoms with van der Waals surface area (Å²) in [7, 11) is 3.84. The van der Waals surface area contributed by atoms with Crippen molar-refractivity contribution >= 4 is 10.2 Å². The summed E-state index contributed by atoms with van der Waals surface area (Å²) in [6, 6.07) is 10.9. The molecule has 0 spiro atoms. The first-order valence-corrected chi connectivity index (χ1v) is 5.72. The van der Waals surface area contributed by atoms with Crippen molar-refractivity contribution in [3.05, 3.63) is 35.9 Å². The average molecular weight is 187 g/mol. The van der Waals surface area contributed by atoms with Gasteiger partial charge in [-0.1, -0.05) is 49.6 Å². The van der Waals surface area contributed by atoms with Crippen LogP contribution in [0.3, 0.4) is 0 Å². The number of rotatable bonds is 1. The minimum atomic E-state index is 0.691. The van der Waals surface area contributed by atoms with Crippen LogP contribution in [0.2, 0.25) is 5.54 Å². The Morgan fingerprint density at radius 2 is 1.69 bits per heavy atom. The van der Waals surface area contributed by atoms with Gasteiger partial charge in [-0.3, -0.25) is 0 Å². The molecule has 2 rings (SSSR count). The number of hydrogen-bond donors (Lipinski definition) is 0. The molecule has 1 aliphatic rings. The van der Waals surface area contributed by atoms with E-state index in [1.807, 2.05) is 0 Å². The Morgan fingerprint density at radius 3 is 2.38 bits per heavy atom. The zero-order chi connectivity index (χ0) is 9.10. The van der Waals surface area contributed by atoms with E-state index in [2.05, 4.69) is 40.6 Å². The van der Waals surface area contributed by atoms with Crippen molar-refractivity contribution in [2.75, 3.05) is 0 Å². The van der Waals surface area contributed by atoms with E-state index in [-0.39, 0.29) is 0 Å². The summed E-state index contributed by atoms with van der Waals surface area (Å²) < 4.78 is 0. The quantitative estimate of drug-likeness (QED) is 0.592. The SMILES string of the molecule is [Si][C@H]1CCCC[C@H]1c1ccccc1. The molecule has 0 aromatic heterocycles. The Morgan fingerprint density at radius 1 is 1.00 bits per heavy atom. The van der Waals surface area contributed by atoms with Crippen LogP contribution < -0.4 is 0 Å². The lowest BCUT2D eigenvalue weighted by molar-refractivity contribution is 0.444. The minimum absolute atomic E-state index is 0.691. The van der Waals surface area contributed by atoms with Crippen molar-refractivity contribution in [2.45, 2.75) is 37.1 Å². The summed E-state index contributed by atoms with van der Waals surface area (Å²) in [6.07, 6.45) is 5.45. The highest BCUT2D eigenvalue weighted by Gasteiger charge is 2.22. The Balaban J connectivity index is 2.15. The first kappa shape index (κ1) is 9.01. The van der Waals surface area contributed by atoms with Gasteiger partial charge in [0, 0.05) is 10.2 Å². The first-order chi connectivity index (χ1) is 6.38. The second-order valence-electron chi connectivity index (χ2n) is 3.91. The van der Waals surface area contributed by atoms with Crippen molar-refractivity contribution in [3.63, 3.8) is 0 Å². The standard InChI is InChI=1S/C12H15Si/c13-12-9-5-4-8-11(12)10-6-2-1-3-7-10/h1-3,6-7,11-12H,4-5,8-9H2/t11-,12-/m0/s1. The molecule has 0 saturated heterocycles. The van der Waals surface area contributed by atoms with Gasteiger partial charge >= 0.3 is 0 Å². The van der Waals surface area contributed by atoms with Gasteiger partial charge in [-0.05, 0) is 23.4 Å². The monoisotopic (exact) mass is 187 g/mol. The summed E-state index contributed by atoms with van der Waals surface area (Å²) in [6.45, 7) is 0. The lowest BCUT2D eigenvalue weighted by Gasteiger charge is -2.28. The van der Waals surface area contributed by atoms with E-state index in [1.165, 1.54) is 31.2 Å². The van der Waals surface area contributed by atoms with E-state index < -0.39 is 0 Å². The smallest absolute Gasteiger partial charge is 0.0274 e. The van der Waals surface area contributed by atoms with Crippen molar-refractivity contribution in [3.8, 4) is 0 Å². The average Bonchev–Trinajstić information content (AvgIpc) is 2.20. The van der Waals surface area contributed by atoms with Gasteiger partial charge in [0.05, 0.1) is 0 Å². The Hall–Kier alpha value is -0.563. The van der Waals surface area contributed by atoms with E-state index in [1.54, 1.807) is 0 Å². The fraction of sp³-hybridized carbons (Fsp3) is 0.500. The van der Waals surface area contributed by atoms with E-state index in [0.717, 1.165) is 5.92 Å². The molecule has 1 aliphatic carbocycles. The highest BCUT2D eigenvalue weighted by Crippen LogP contribution is 2.39. The maximum atomic E-state index is 3.84. The Bertz CT molecular complexity index is 255. The number of benzene rings is 1. The maximum absolute atomic E-state index is 3.84. The Labute approximate surface area is 83.8 Å². The second kappa shape index (κ2) is 4.10. The van der Waals surface area contributed by atoms with Crippen molar-refractivity contribution in [1.29, 1.82) is 0 Å². The van der Waals surface area contributed by atoms with E-state index in [0.29, 0.717) is 5.54 Å². The van der Waals surface area contributed by atoms with Gasteiger partial charge in [-0.25, -0.2) is 0 Å². The van der Waals surface area contributed by atoms with Crippen LogP contribution in [0.4, 0.5) is 0 Å². The predicted molar refractivity (Wildman–Crippen MR) is 57.2 cm³/mol. The van der Waals surface area contributed by atoms with Gasteiger partial charge < -0.3 is 0 Å². The zero-order valence-electron chi connectivity index (χ0n) is 7.87. The minimum Gasteiger partial charge on any atom is -0.0622 e. The summed E-state index contributed by atoms with van der Waals surface area (Å²) in [4.78, 5) is 0. The molecule has 1 aromatic rings. The zero-order valence-corrected chi connectivity index (χ0v) is 8.87. The van der Waals surface area contributed by atoms with Crippen LogP contribution in [-0.4, -0.2) is 10.2 Å². The molecule has 3 radical (unpaired) electrons. The highest BCUT2D eigenvalue weighted by atomic mass is 28.1. The molecule has 1 fully saturated rings. The maximum Gasteiger partial charge on any atom is 0.0274 e. The molecule has 67 valence electrons. The molecular formula is C12H15Si. The van der Waals surface area contributed by atoms with Gasteiger partial charge in [-0.2, -0.15) is 0 Å². The van der Waals surface area contributed by atoms with Gasteiger partial charge in [0.15, 0.2) is 0 Å². The van der Waals surface area contributed by atoms with Crippen LogP contribution in [0.1, 0.15) is 37.2 Å². The molecule has 1 saturated carbocycles. The molecule has 0 amide bonds. The molecule has 1 heteroatoms. The third-order valence-corrected chi connectivity index (χ3v) is 3.68. The molecule has 0 heterocycles. The summed E-state index contributed by atoms with van der Waals surface area (Å²) in [5.41, 5.74) is 2.19. The number of hydrogen-bond acceptors (Lipinski definition) is 0. The highest BCUT2D eigenvalue weighted by molar-refractivity contribution is 6.12. The van der Waals surface area contributed by atoms with E-state index in [4.69, 9.17) is 0 Å². The van der Waals surface area contributed by atoms with Crippen LogP contribution in [0.5, 0.6) is 0 Å². The van der Waals surface area contributed by atoms with Gasteiger partial charge in [-0.15, -0.1) is 0 Å². The van der Waals surface area contributed by atoms with Crippen LogP contribution in [-0.2, 0) is 0 Å². The fourth-order valence-corrected chi connectivity index (χ4v) is 2.79. The Kier molecular flexibility index (Phi) is 2.84. The second-order valence-corrected chi connectivity index (χ2v) is 4.65. The lowest BCUT2D eigenvalue weighted by atomic mass is 9.83. The predicted octanol–water partition coefficient (Wildman–Crippen LogP) is 3.30. The molecule has 0 unspecified atom stereocenters. The lowest BCUT2D eigenvalue weighted by Crippen LogP contribution is -2.12. The van der Waals surface area contributed by atoms with Gasteiger partial charge in [0.25, 0.3) is 0 Å². The molecule has 2 atom stereocenters. The first-order valence-electron chi connectivity index (χ1n) is 5.14. The van der Waals surface area contributed by atoms with Crippen LogP contribution in [0.15, 0.2) is 30.3 Å². The van der Waals surface area contributed by atoms with Crippen LogP contribution in [0, 0.1) is 0 Å². The topological polar surface area (TPSA) is 0 Å². The van der Waals surface area contributed by atoms with Crippen molar-refractivity contribution in [2.24, 2.45) is 0 Å². The van der Waals surface area contributed by atoms with Crippen LogP contribution in [0.25, 0.3) is 0 Å². The molecule has 0 aliphatic heterocycles. The largest absolute Gasteiger partial charge is 0.0622 e. The molecule has 13 heavy (non-hydrogen) atoms. The van der Waals surface area contributed by atoms with E-state index >= 15 is 0 Å². The molecule has 0 N–H and O–H groups in total. The van der Waals surface area contributed by atoms with Gasteiger partial charge in [0.1, 0.15) is 0 Å². The third kappa shape index (κ3) is 2.02.